The lowest BCUT2D eigenvalue weighted by Crippen LogP contribution is -2.17. The van der Waals surface area contributed by atoms with Crippen LogP contribution in [0.1, 0.15) is 44.9 Å². The van der Waals surface area contributed by atoms with Crippen LogP contribution in [0.5, 0.6) is 0 Å². The van der Waals surface area contributed by atoms with Gasteiger partial charge in [-0.25, -0.2) is 9.97 Å². The van der Waals surface area contributed by atoms with Gasteiger partial charge < -0.3 is 5.32 Å². The summed E-state index contributed by atoms with van der Waals surface area (Å²) in [6.45, 7) is 5.31. The Labute approximate surface area is 118 Å². The maximum absolute atomic E-state index is 4.38. The third kappa shape index (κ3) is 4.23. The summed E-state index contributed by atoms with van der Waals surface area (Å²) >= 11 is 3.40. The molecule has 1 fully saturated rings. The molecule has 2 unspecified atom stereocenters. The number of rotatable bonds is 4. The number of hydrogen-bond donors (Lipinski definition) is 1. The highest BCUT2D eigenvalue weighted by atomic mass is 79.9. The van der Waals surface area contributed by atoms with Gasteiger partial charge in [-0.2, -0.15) is 0 Å². The number of aryl methyl sites for hydroxylation is 1. The van der Waals surface area contributed by atoms with E-state index in [1.165, 1.54) is 32.1 Å². The predicted octanol–water partition coefficient (Wildman–Crippen LogP) is 4.18. The minimum Gasteiger partial charge on any atom is -0.370 e. The average Bonchev–Trinajstić information content (AvgIpc) is 2.27. The summed E-state index contributed by atoms with van der Waals surface area (Å²) in [5.41, 5.74) is 0. The van der Waals surface area contributed by atoms with Gasteiger partial charge in [-0.1, -0.05) is 26.2 Å². The molecule has 1 aliphatic carbocycles. The van der Waals surface area contributed by atoms with Crippen LogP contribution in [0.25, 0.3) is 0 Å². The van der Waals surface area contributed by atoms with Crippen LogP contribution >= 0.6 is 15.9 Å². The fourth-order valence-electron chi connectivity index (χ4n) is 2.85. The molecule has 1 aromatic heterocycles. The van der Waals surface area contributed by atoms with Crippen molar-refractivity contribution in [3.8, 4) is 0 Å². The van der Waals surface area contributed by atoms with Crippen molar-refractivity contribution in [3.63, 3.8) is 0 Å². The molecule has 0 aliphatic heterocycles. The molecule has 1 aliphatic rings. The van der Waals surface area contributed by atoms with Crippen molar-refractivity contribution in [1.29, 1.82) is 0 Å². The molecule has 0 amide bonds. The number of nitrogens with one attached hydrogen (secondary N) is 1. The molecular formula is C14H22BrN3. The van der Waals surface area contributed by atoms with Crippen molar-refractivity contribution >= 4 is 21.7 Å². The van der Waals surface area contributed by atoms with Crippen LogP contribution in [0, 0.1) is 18.8 Å². The van der Waals surface area contributed by atoms with Gasteiger partial charge in [0.2, 0.25) is 0 Å². The quantitative estimate of drug-likeness (QED) is 0.848. The molecule has 1 heterocycles. The van der Waals surface area contributed by atoms with Crippen molar-refractivity contribution in [1.82, 2.24) is 9.97 Å². The van der Waals surface area contributed by atoms with E-state index in [0.717, 1.165) is 34.6 Å². The van der Waals surface area contributed by atoms with Gasteiger partial charge in [-0.15, -0.1) is 0 Å². The summed E-state index contributed by atoms with van der Waals surface area (Å²) in [6, 6.07) is 1.94. The van der Waals surface area contributed by atoms with Crippen LogP contribution in [-0.2, 0) is 0 Å². The molecule has 4 heteroatoms. The minimum atomic E-state index is 0.804. The summed E-state index contributed by atoms with van der Waals surface area (Å²) in [5, 5.41) is 3.41. The molecule has 2 atom stereocenters. The first kappa shape index (κ1) is 13.8. The Morgan fingerprint density at radius 3 is 2.94 bits per heavy atom. The number of hydrogen-bond acceptors (Lipinski definition) is 3. The largest absolute Gasteiger partial charge is 0.370 e. The van der Waals surface area contributed by atoms with Gasteiger partial charge in [0.1, 0.15) is 16.2 Å². The fraction of sp³-hybridized carbons (Fsp3) is 0.714. The average molecular weight is 312 g/mol. The molecule has 3 nitrogen and oxygen atoms in total. The van der Waals surface area contributed by atoms with Crippen LogP contribution in [-0.4, -0.2) is 16.5 Å². The maximum atomic E-state index is 4.38. The van der Waals surface area contributed by atoms with E-state index in [9.17, 15) is 0 Å². The highest BCUT2D eigenvalue weighted by molar-refractivity contribution is 9.10. The first-order valence-corrected chi connectivity index (χ1v) is 7.68. The highest BCUT2D eigenvalue weighted by Gasteiger charge is 2.18. The lowest BCUT2D eigenvalue weighted by Gasteiger charge is -2.26. The maximum Gasteiger partial charge on any atom is 0.130 e. The van der Waals surface area contributed by atoms with Crippen molar-refractivity contribution < 1.29 is 0 Å². The van der Waals surface area contributed by atoms with Crippen LogP contribution in [0.2, 0.25) is 0 Å². The van der Waals surface area contributed by atoms with Gasteiger partial charge in [-0.05, 0) is 47.5 Å². The molecule has 1 N–H and O–H groups in total. The van der Waals surface area contributed by atoms with Gasteiger partial charge in [-0.3, -0.25) is 0 Å². The highest BCUT2D eigenvalue weighted by Crippen LogP contribution is 2.30. The Balaban J connectivity index is 1.77. The first-order valence-electron chi connectivity index (χ1n) is 6.88. The Bertz CT molecular complexity index is 374. The summed E-state index contributed by atoms with van der Waals surface area (Å²) < 4.78 is 0.851. The first-order chi connectivity index (χ1) is 8.63. The zero-order valence-electron chi connectivity index (χ0n) is 11.2. The van der Waals surface area contributed by atoms with Crippen LogP contribution in [0.4, 0.5) is 5.82 Å². The van der Waals surface area contributed by atoms with Crippen LogP contribution < -0.4 is 5.32 Å². The third-order valence-electron chi connectivity index (χ3n) is 3.71. The van der Waals surface area contributed by atoms with Gasteiger partial charge >= 0.3 is 0 Å². The number of anilines is 1. The summed E-state index contributed by atoms with van der Waals surface area (Å²) in [4.78, 5) is 8.59. The topological polar surface area (TPSA) is 37.8 Å². The monoisotopic (exact) mass is 311 g/mol. The number of halogens is 1. The molecule has 0 aromatic carbocycles. The van der Waals surface area contributed by atoms with Crippen LogP contribution in [0.3, 0.4) is 0 Å². The second-order valence-corrected chi connectivity index (χ2v) is 6.29. The zero-order chi connectivity index (χ0) is 13.0. The number of aromatic nitrogens is 2. The lowest BCUT2D eigenvalue weighted by molar-refractivity contribution is 0.274. The van der Waals surface area contributed by atoms with E-state index in [2.05, 4.69) is 38.1 Å². The molecule has 1 saturated carbocycles. The lowest BCUT2D eigenvalue weighted by atomic mass is 9.81. The zero-order valence-corrected chi connectivity index (χ0v) is 12.8. The van der Waals surface area contributed by atoms with Crippen molar-refractivity contribution in [2.45, 2.75) is 46.0 Å². The summed E-state index contributed by atoms with van der Waals surface area (Å²) in [7, 11) is 0. The molecule has 2 rings (SSSR count). The van der Waals surface area contributed by atoms with Gasteiger partial charge in [0.25, 0.3) is 0 Å². The second kappa shape index (κ2) is 6.50. The predicted molar refractivity (Wildman–Crippen MR) is 78.7 cm³/mol. The molecule has 0 bridgehead atoms. The van der Waals surface area contributed by atoms with Gasteiger partial charge in [0.15, 0.2) is 0 Å². The van der Waals surface area contributed by atoms with E-state index in [1.54, 1.807) is 0 Å². The molecule has 100 valence electrons. The smallest absolute Gasteiger partial charge is 0.130 e. The van der Waals surface area contributed by atoms with E-state index in [1.807, 2.05) is 13.0 Å². The Hall–Kier alpha value is -0.640. The molecule has 0 spiro atoms. The molecule has 0 saturated heterocycles. The molecular weight excluding hydrogens is 290 g/mol. The van der Waals surface area contributed by atoms with Gasteiger partial charge in [0, 0.05) is 12.6 Å². The third-order valence-corrected chi connectivity index (χ3v) is 4.12. The van der Waals surface area contributed by atoms with E-state index < -0.39 is 0 Å². The second-order valence-electron chi connectivity index (χ2n) is 5.48. The normalized spacial score (nSPS) is 23.9. The number of nitrogens with zero attached hydrogens (tertiary/aromatic N) is 2. The van der Waals surface area contributed by atoms with E-state index >= 15 is 0 Å². The van der Waals surface area contributed by atoms with E-state index in [0.29, 0.717) is 0 Å². The standard InChI is InChI=1S/C14H22BrN3/c1-10-4-3-5-12(8-10)6-7-16-14-9-13(15)17-11(2)18-14/h9-10,12H,3-8H2,1-2H3,(H,16,17,18). The summed E-state index contributed by atoms with van der Waals surface area (Å²) in [6.07, 6.45) is 6.88. The SMILES string of the molecule is Cc1nc(Br)cc(NCCC2CCCC(C)C2)n1. The Morgan fingerprint density at radius 2 is 2.22 bits per heavy atom. The van der Waals surface area contributed by atoms with E-state index in [-0.39, 0.29) is 0 Å². The van der Waals surface area contributed by atoms with Crippen LogP contribution in [0.15, 0.2) is 10.7 Å². The van der Waals surface area contributed by atoms with E-state index in [4.69, 9.17) is 0 Å². The molecule has 1 aromatic rings. The van der Waals surface area contributed by atoms with Crippen molar-refractivity contribution in [3.05, 3.63) is 16.5 Å². The molecule has 18 heavy (non-hydrogen) atoms. The van der Waals surface area contributed by atoms with Crippen molar-refractivity contribution in [2.24, 2.45) is 11.8 Å². The van der Waals surface area contributed by atoms with Crippen molar-refractivity contribution in [2.75, 3.05) is 11.9 Å². The molecule has 0 radical (unpaired) electrons. The fourth-order valence-corrected chi connectivity index (χ4v) is 3.32. The Kier molecular flexibility index (Phi) is 4.98. The van der Waals surface area contributed by atoms with Gasteiger partial charge in [0.05, 0.1) is 0 Å². The summed E-state index contributed by atoms with van der Waals surface area (Å²) in [5.74, 6) is 3.54. The minimum absolute atomic E-state index is 0.804. The Morgan fingerprint density at radius 1 is 1.39 bits per heavy atom.